The van der Waals surface area contributed by atoms with Crippen LogP contribution in [0.25, 0.3) is 11.3 Å². The molecular formula is C29H22N6O. The molecule has 7 nitrogen and oxygen atoms in total. The van der Waals surface area contributed by atoms with Crippen LogP contribution in [0.1, 0.15) is 39.7 Å². The highest BCUT2D eigenvalue weighted by atomic mass is 16.5. The third kappa shape index (κ3) is 3.28. The monoisotopic (exact) mass is 470 g/mol. The van der Waals surface area contributed by atoms with Crippen LogP contribution >= 0.6 is 0 Å². The summed E-state index contributed by atoms with van der Waals surface area (Å²) in [6.45, 7) is 2.03. The average molecular weight is 471 g/mol. The largest absolute Gasteiger partial charge is 0.420 e. The lowest BCUT2D eigenvalue weighted by atomic mass is 9.84. The van der Waals surface area contributed by atoms with Gasteiger partial charge in [0.25, 0.3) is 0 Å². The van der Waals surface area contributed by atoms with Gasteiger partial charge in [0.05, 0.1) is 28.4 Å². The summed E-state index contributed by atoms with van der Waals surface area (Å²) in [6.07, 6.45) is 2.32. The summed E-state index contributed by atoms with van der Waals surface area (Å²) in [5.74, 6) is 1.80. The van der Waals surface area contributed by atoms with E-state index in [1.54, 1.807) is 10.8 Å². The quantitative estimate of drug-likeness (QED) is 0.340. The van der Waals surface area contributed by atoms with Crippen LogP contribution in [0, 0.1) is 6.92 Å². The van der Waals surface area contributed by atoms with Gasteiger partial charge in [-0.1, -0.05) is 78.9 Å². The minimum absolute atomic E-state index is 0.146. The summed E-state index contributed by atoms with van der Waals surface area (Å²) in [5, 5.41) is 9.63. The standard InChI is InChI=1S/C29H22N6O/c1-19-24-25(21-13-7-3-8-14-21)26-27-31-23(17-20-11-5-2-6-12-20)33-34(27)18-30-28(26)36-29(24)35(32-19)22-15-9-4-10-16-22/h2-16,18,25H,17H2,1H3. The molecule has 0 radical (unpaired) electrons. The smallest absolute Gasteiger partial charge is 0.230 e. The number of nitrogens with zero attached hydrogens (tertiary/aromatic N) is 6. The first kappa shape index (κ1) is 20.6. The summed E-state index contributed by atoms with van der Waals surface area (Å²) in [7, 11) is 0. The van der Waals surface area contributed by atoms with E-state index in [2.05, 4.69) is 41.4 Å². The molecule has 0 aliphatic carbocycles. The molecule has 0 saturated heterocycles. The summed E-state index contributed by atoms with van der Waals surface area (Å²) in [4.78, 5) is 9.65. The van der Waals surface area contributed by atoms with E-state index in [4.69, 9.17) is 19.9 Å². The van der Waals surface area contributed by atoms with E-state index in [1.807, 2.05) is 66.2 Å². The van der Waals surface area contributed by atoms with Gasteiger partial charge >= 0.3 is 0 Å². The van der Waals surface area contributed by atoms with Crippen molar-refractivity contribution in [3.8, 4) is 17.4 Å². The summed E-state index contributed by atoms with van der Waals surface area (Å²) in [5.41, 5.74) is 6.79. The Balaban J connectivity index is 1.44. The van der Waals surface area contributed by atoms with E-state index in [1.165, 1.54) is 0 Å². The van der Waals surface area contributed by atoms with E-state index in [-0.39, 0.29) is 5.92 Å². The number of aromatic nitrogens is 6. The van der Waals surface area contributed by atoms with E-state index in [9.17, 15) is 0 Å². The minimum Gasteiger partial charge on any atom is -0.420 e. The van der Waals surface area contributed by atoms with Crippen molar-refractivity contribution in [2.24, 2.45) is 0 Å². The lowest BCUT2D eigenvalue weighted by Crippen LogP contribution is -2.16. The van der Waals surface area contributed by atoms with E-state index >= 15 is 0 Å². The first-order chi connectivity index (χ1) is 17.8. The lowest BCUT2D eigenvalue weighted by Gasteiger charge is -2.26. The molecule has 6 aromatic rings. The Hall–Kier alpha value is -4.78. The van der Waals surface area contributed by atoms with Crippen molar-refractivity contribution in [3.63, 3.8) is 0 Å². The van der Waals surface area contributed by atoms with Gasteiger partial charge in [-0.05, 0) is 30.2 Å². The Morgan fingerprint density at radius 3 is 2.25 bits per heavy atom. The molecule has 0 N–H and O–H groups in total. The second-order valence-corrected chi connectivity index (χ2v) is 8.92. The van der Waals surface area contributed by atoms with Crippen LogP contribution in [0.15, 0.2) is 97.3 Å². The van der Waals surface area contributed by atoms with Gasteiger partial charge < -0.3 is 4.74 Å². The fourth-order valence-electron chi connectivity index (χ4n) is 5.00. The Bertz CT molecular complexity index is 1690. The fourth-order valence-corrected chi connectivity index (χ4v) is 5.00. The molecule has 1 unspecified atom stereocenters. The van der Waals surface area contributed by atoms with Gasteiger partial charge in [0.15, 0.2) is 11.5 Å². The zero-order valence-electron chi connectivity index (χ0n) is 19.6. The molecule has 3 aromatic heterocycles. The highest BCUT2D eigenvalue weighted by Crippen LogP contribution is 2.49. The first-order valence-corrected chi connectivity index (χ1v) is 11.9. The zero-order chi connectivity index (χ0) is 24.1. The number of rotatable bonds is 4. The molecule has 0 fully saturated rings. The third-order valence-corrected chi connectivity index (χ3v) is 6.60. The number of fused-ring (bicyclic) bond motifs is 4. The molecule has 7 rings (SSSR count). The zero-order valence-corrected chi connectivity index (χ0v) is 19.6. The third-order valence-electron chi connectivity index (χ3n) is 6.60. The van der Waals surface area contributed by atoms with E-state index in [0.717, 1.165) is 45.1 Å². The molecule has 1 aliphatic heterocycles. The second kappa shape index (κ2) is 8.16. The minimum atomic E-state index is -0.146. The molecule has 0 saturated carbocycles. The maximum absolute atomic E-state index is 6.48. The predicted molar refractivity (Wildman–Crippen MR) is 136 cm³/mol. The SMILES string of the molecule is Cc1nn(-c2ccccc2)c2c1C(c1ccccc1)c1c(ncn3nc(Cc4ccccc4)nc13)O2. The molecule has 36 heavy (non-hydrogen) atoms. The van der Waals surface area contributed by atoms with Crippen LogP contribution < -0.4 is 4.74 Å². The van der Waals surface area contributed by atoms with E-state index in [0.29, 0.717) is 18.2 Å². The van der Waals surface area contributed by atoms with Crippen molar-refractivity contribution in [2.75, 3.05) is 0 Å². The summed E-state index contributed by atoms with van der Waals surface area (Å²) < 4.78 is 10.1. The van der Waals surface area contributed by atoms with Crippen molar-refractivity contribution in [1.82, 2.24) is 29.4 Å². The molecular weight excluding hydrogens is 448 g/mol. The lowest BCUT2D eigenvalue weighted by molar-refractivity contribution is 0.402. The average Bonchev–Trinajstić information content (AvgIpc) is 3.49. The summed E-state index contributed by atoms with van der Waals surface area (Å²) in [6, 6.07) is 30.7. The topological polar surface area (TPSA) is 70.1 Å². The Kier molecular flexibility index (Phi) is 4.67. The molecule has 174 valence electrons. The van der Waals surface area contributed by atoms with Gasteiger partial charge in [-0.2, -0.15) is 5.10 Å². The Morgan fingerprint density at radius 1 is 0.806 bits per heavy atom. The Labute approximate surface area is 207 Å². The van der Waals surface area contributed by atoms with Crippen LogP contribution in [0.3, 0.4) is 0 Å². The Morgan fingerprint density at radius 2 is 1.50 bits per heavy atom. The number of benzene rings is 3. The molecule has 4 heterocycles. The van der Waals surface area contributed by atoms with Crippen LogP contribution in [-0.2, 0) is 6.42 Å². The van der Waals surface area contributed by atoms with Crippen molar-refractivity contribution in [2.45, 2.75) is 19.3 Å². The molecule has 0 bridgehead atoms. The maximum atomic E-state index is 6.48. The highest BCUT2D eigenvalue weighted by molar-refractivity contribution is 5.66. The van der Waals surface area contributed by atoms with Crippen molar-refractivity contribution < 1.29 is 4.74 Å². The van der Waals surface area contributed by atoms with E-state index < -0.39 is 0 Å². The number of ether oxygens (including phenoxy) is 1. The van der Waals surface area contributed by atoms with Gasteiger partial charge in [-0.3, -0.25) is 0 Å². The van der Waals surface area contributed by atoms with Crippen molar-refractivity contribution in [1.29, 1.82) is 0 Å². The highest BCUT2D eigenvalue weighted by Gasteiger charge is 2.38. The molecule has 7 heteroatoms. The van der Waals surface area contributed by atoms with Gasteiger partial charge in [0.1, 0.15) is 6.33 Å². The molecule has 1 aliphatic rings. The van der Waals surface area contributed by atoms with Crippen LogP contribution in [0.5, 0.6) is 11.8 Å². The van der Waals surface area contributed by atoms with Crippen molar-refractivity contribution in [3.05, 3.63) is 131 Å². The molecule has 0 spiro atoms. The van der Waals surface area contributed by atoms with Gasteiger partial charge in [-0.15, -0.1) is 5.10 Å². The number of aryl methyl sites for hydroxylation is 1. The molecule has 0 amide bonds. The number of hydrogen-bond acceptors (Lipinski definition) is 5. The van der Waals surface area contributed by atoms with Gasteiger partial charge in [-0.25, -0.2) is 19.2 Å². The number of para-hydroxylation sites is 1. The second-order valence-electron chi connectivity index (χ2n) is 8.92. The van der Waals surface area contributed by atoms with Crippen LogP contribution in [0.2, 0.25) is 0 Å². The van der Waals surface area contributed by atoms with Crippen LogP contribution in [-0.4, -0.2) is 29.4 Å². The van der Waals surface area contributed by atoms with Gasteiger partial charge in [0, 0.05) is 6.42 Å². The molecule has 1 atom stereocenters. The number of hydrogen-bond donors (Lipinski definition) is 0. The fraction of sp³-hybridized carbons (Fsp3) is 0.103. The van der Waals surface area contributed by atoms with Crippen LogP contribution in [0.4, 0.5) is 0 Å². The first-order valence-electron chi connectivity index (χ1n) is 11.9. The summed E-state index contributed by atoms with van der Waals surface area (Å²) >= 11 is 0. The molecule has 3 aromatic carbocycles. The maximum Gasteiger partial charge on any atom is 0.230 e. The van der Waals surface area contributed by atoms with Crippen molar-refractivity contribution >= 4 is 5.65 Å². The van der Waals surface area contributed by atoms with Gasteiger partial charge in [0.2, 0.25) is 11.8 Å². The predicted octanol–water partition coefficient (Wildman–Crippen LogP) is 5.50. The normalized spacial score (nSPS) is 14.3.